The molecule has 0 radical (unpaired) electrons. The number of nitrogens with two attached hydrogens (primary N) is 1. The second-order valence-electron chi connectivity index (χ2n) is 21.1. The van der Waals surface area contributed by atoms with E-state index in [9.17, 15) is 88.4 Å². The van der Waals surface area contributed by atoms with E-state index in [-0.39, 0.29) is 147 Å². The Hall–Kier alpha value is -6.52. The molecule has 81 heavy (non-hydrogen) atoms. The lowest BCUT2D eigenvalue weighted by atomic mass is 9.72. The van der Waals surface area contributed by atoms with Crippen molar-refractivity contribution in [2.45, 2.75) is 175 Å². The van der Waals surface area contributed by atoms with Gasteiger partial charge in [0, 0.05) is 57.8 Å². The number of fused-ring (bicyclic) bond motifs is 3. The van der Waals surface area contributed by atoms with Crippen molar-refractivity contribution in [1.82, 2.24) is 62.9 Å². The molecule has 14 atom stereocenters. The molecular weight excluding hydrogens is 1070 g/mol. The van der Waals surface area contributed by atoms with E-state index in [0.29, 0.717) is 34.3 Å². The van der Waals surface area contributed by atoms with Crippen LogP contribution in [0.4, 0.5) is 0 Å². The van der Waals surface area contributed by atoms with Crippen LogP contribution in [-0.2, 0) is 57.5 Å². The molecule has 32 nitrogen and oxygen atoms in total. The largest absolute Gasteiger partial charge is 0.394 e. The molecule has 14 unspecified atom stereocenters. The predicted molar refractivity (Wildman–Crippen MR) is 275 cm³/mol. The minimum atomic E-state index is -1.61. The van der Waals surface area contributed by atoms with Gasteiger partial charge in [0.2, 0.25) is 66.0 Å². The number of piperidine rings is 1. The van der Waals surface area contributed by atoms with E-state index in [0.717, 1.165) is 0 Å². The Balaban J connectivity index is 1.26. The number of likely N-dealkylation sites (tertiary alicyclic amines) is 1. The second-order valence-corrected chi connectivity index (χ2v) is 21.1. The Bertz CT molecular complexity index is 2220. The summed E-state index contributed by atoms with van der Waals surface area (Å²) >= 11 is 0. The zero-order valence-corrected chi connectivity index (χ0v) is 45.1. The van der Waals surface area contributed by atoms with E-state index in [4.69, 9.17) is 5.73 Å². The molecule has 0 bridgehead atoms. The lowest BCUT2D eigenvalue weighted by Crippen LogP contribution is -3.29. The normalized spacial score (nSPS) is 28.2. The molecular formula is C49H81N14O18+. The average Bonchev–Trinajstić information content (AvgIpc) is 3.89. The molecule has 0 aromatic heterocycles. The molecule has 4 heterocycles. The summed E-state index contributed by atoms with van der Waals surface area (Å²) in [7, 11) is 0. The summed E-state index contributed by atoms with van der Waals surface area (Å²) in [6.45, 7) is -2.50. The first kappa shape index (κ1) is 65.3. The Kier molecular flexibility index (Phi) is 26.0. The third-order valence-electron chi connectivity index (χ3n) is 15.5. The number of aliphatic hydroxyl groups is 4. The SMILES string of the molecule is NCCCCC(NC(=O)C(CO)NC(=O)C1CCNC2C(N3C(=O)CCC3=O)CC3CC(O)C(O)CC3[NH+]12)C(=O)NCC(=O)NC(CCCN(O)C=O)C(=O)NC1CCCCNC(=O)C(CO)NC(=O)C(CCCN(O)C=O)NC1=O. The molecule has 4 aliphatic heterocycles. The van der Waals surface area contributed by atoms with Crippen molar-refractivity contribution >= 4 is 71.9 Å². The summed E-state index contributed by atoms with van der Waals surface area (Å²) in [4.78, 5) is 160. The van der Waals surface area contributed by atoms with Gasteiger partial charge < -0.3 is 73.6 Å². The number of aliphatic hydroxyl groups excluding tert-OH is 4. The molecule has 12 amide bonds. The maximum absolute atomic E-state index is 14.3. The minimum absolute atomic E-state index is 0.0264. The number of nitrogens with one attached hydrogen (secondary N) is 10. The van der Waals surface area contributed by atoms with Crippen LogP contribution in [0.5, 0.6) is 0 Å². The van der Waals surface area contributed by atoms with E-state index >= 15 is 0 Å². The van der Waals surface area contributed by atoms with Crippen molar-refractivity contribution in [2.24, 2.45) is 11.7 Å². The fourth-order valence-corrected chi connectivity index (χ4v) is 11.3. The maximum atomic E-state index is 14.3. The van der Waals surface area contributed by atoms with E-state index in [1.54, 1.807) is 0 Å². The molecule has 0 spiro atoms. The van der Waals surface area contributed by atoms with E-state index in [1.165, 1.54) is 4.90 Å². The monoisotopic (exact) mass is 1150 g/mol. The average molecular weight is 1150 g/mol. The van der Waals surface area contributed by atoms with Crippen LogP contribution in [0.25, 0.3) is 0 Å². The molecule has 1 saturated carbocycles. The number of imide groups is 1. The third-order valence-corrected chi connectivity index (χ3v) is 15.5. The fraction of sp³-hybridized carbons (Fsp3) is 0.755. The van der Waals surface area contributed by atoms with Crippen LogP contribution < -0.4 is 58.5 Å². The highest BCUT2D eigenvalue weighted by Gasteiger charge is 2.58. The number of nitrogens with zero attached hydrogens (tertiary/aromatic N) is 3. The highest BCUT2D eigenvalue weighted by molar-refractivity contribution is 6.02. The molecule has 5 aliphatic rings. The zero-order valence-electron chi connectivity index (χ0n) is 45.1. The highest BCUT2D eigenvalue weighted by Crippen LogP contribution is 2.35. The molecule has 1 aliphatic carbocycles. The first-order valence-corrected chi connectivity index (χ1v) is 27.7. The summed E-state index contributed by atoms with van der Waals surface area (Å²) in [6.07, 6.45) is -1.14. The number of carbonyl (C=O) groups is 12. The fourth-order valence-electron chi connectivity index (χ4n) is 11.3. The van der Waals surface area contributed by atoms with Gasteiger partial charge >= 0.3 is 0 Å². The van der Waals surface area contributed by atoms with Gasteiger partial charge in [0.15, 0.2) is 12.2 Å². The topological polar surface area (TPSA) is 475 Å². The maximum Gasteiger partial charge on any atom is 0.279 e. The van der Waals surface area contributed by atoms with Crippen LogP contribution >= 0.6 is 0 Å². The molecule has 0 aromatic rings. The predicted octanol–water partition coefficient (Wildman–Crippen LogP) is -9.32. The number of rotatable bonds is 27. The smallest absolute Gasteiger partial charge is 0.279 e. The van der Waals surface area contributed by atoms with E-state index < -0.39 is 140 Å². The Morgan fingerprint density at radius 2 is 1.38 bits per heavy atom. The van der Waals surface area contributed by atoms with Gasteiger partial charge in [-0.15, -0.1) is 0 Å². The number of hydroxylamine groups is 4. The van der Waals surface area contributed by atoms with Crippen molar-refractivity contribution in [3.05, 3.63) is 0 Å². The van der Waals surface area contributed by atoms with Crippen LogP contribution in [0.2, 0.25) is 0 Å². The first-order valence-electron chi connectivity index (χ1n) is 27.7. The van der Waals surface area contributed by atoms with Gasteiger partial charge in [-0.3, -0.25) is 78.2 Å². The van der Waals surface area contributed by atoms with Gasteiger partial charge in [-0.2, -0.15) is 0 Å². The highest BCUT2D eigenvalue weighted by atomic mass is 16.5. The summed E-state index contributed by atoms with van der Waals surface area (Å²) in [5.41, 5.74) is 5.71. The van der Waals surface area contributed by atoms with Crippen LogP contribution in [0, 0.1) is 5.92 Å². The second kappa shape index (κ2) is 32.2. The molecule has 454 valence electrons. The van der Waals surface area contributed by atoms with Gasteiger partial charge in [-0.1, -0.05) is 0 Å². The summed E-state index contributed by atoms with van der Waals surface area (Å²) in [6, 6.07) is -10.6. The molecule has 4 saturated heterocycles. The van der Waals surface area contributed by atoms with Gasteiger partial charge in [0.1, 0.15) is 42.3 Å². The molecule has 5 fully saturated rings. The van der Waals surface area contributed by atoms with Crippen LogP contribution in [0.15, 0.2) is 0 Å². The molecule has 18 N–H and O–H groups in total. The standard InChI is InChI=1S/C49H80N14O18/c50-14-3-1-7-28(55-48(78)33(24-65)59-49(79)34-13-16-51-42-36(63-40(71)11-12-41(63)72)19-27-20-37(68)38(69)21-35(27)62(34)42)43(73)53-22-39(70)54-29(9-5-17-60(80)25-66)45(75)56-30-8-2-4-15-52-44(74)32(23-64)58-47(77)31(57-46(30)76)10-6-18-61(81)26-67/h25-38,42,51,64-65,68-69,80-81H,1-24,50H2,(H,52,74)(H,53,73)(H,54,70)(H,55,78)(H,56,75)(H,57,76)(H,58,77)(H,59,79)/p+1. The lowest BCUT2D eigenvalue weighted by molar-refractivity contribution is -0.984. The Morgan fingerprint density at radius 3 is 2.05 bits per heavy atom. The number of unbranched alkanes of at least 4 members (excludes halogenated alkanes) is 1. The molecule has 5 rings (SSSR count). The zero-order chi connectivity index (χ0) is 59.3. The number of carbonyl (C=O) groups excluding carboxylic acids is 12. The van der Waals surface area contributed by atoms with Gasteiger partial charge in [0.25, 0.3) is 5.91 Å². The lowest BCUT2D eigenvalue weighted by Gasteiger charge is -2.55. The van der Waals surface area contributed by atoms with E-state index in [1.807, 2.05) is 0 Å². The minimum Gasteiger partial charge on any atom is -0.394 e. The van der Waals surface area contributed by atoms with Gasteiger partial charge in [-0.25, -0.2) is 10.1 Å². The number of amides is 12. The van der Waals surface area contributed by atoms with Crippen molar-refractivity contribution < 1.29 is 93.3 Å². The summed E-state index contributed by atoms with van der Waals surface area (Å²) in [5.74, 6) is -7.93. The van der Waals surface area contributed by atoms with Crippen molar-refractivity contribution in [2.75, 3.05) is 52.5 Å². The Labute approximate surface area is 466 Å². The Morgan fingerprint density at radius 1 is 0.728 bits per heavy atom. The van der Waals surface area contributed by atoms with Crippen LogP contribution in [0.1, 0.15) is 103 Å². The summed E-state index contributed by atoms with van der Waals surface area (Å²) in [5, 5.41) is 85.1. The van der Waals surface area contributed by atoms with Crippen molar-refractivity contribution in [1.29, 1.82) is 0 Å². The van der Waals surface area contributed by atoms with Crippen LogP contribution in [0.3, 0.4) is 0 Å². The molecule has 32 heteroatoms. The molecule has 0 aromatic carbocycles. The van der Waals surface area contributed by atoms with Gasteiger partial charge in [0.05, 0.1) is 38.0 Å². The van der Waals surface area contributed by atoms with Crippen molar-refractivity contribution in [3.63, 3.8) is 0 Å². The quantitative estimate of drug-likeness (QED) is 0.0119. The third kappa shape index (κ3) is 18.5. The number of hydrogen-bond donors (Lipinski definition) is 17. The summed E-state index contributed by atoms with van der Waals surface area (Å²) < 4.78 is 0. The van der Waals surface area contributed by atoms with Crippen molar-refractivity contribution in [3.8, 4) is 0 Å². The van der Waals surface area contributed by atoms with E-state index in [2.05, 4.69) is 47.9 Å². The van der Waals surface area contributed by atoms with Gasteiger partial charge in [-0.05, 0) is 83.6 Å². The number of quaternary nitrogens is 1. The van der Waals surface area contributed by atoms with Crippen LogP contribution in [-0.4, -0.2) is 243 Å². The first-order chi connectivity index (χ1) is 38.7. The number of hydrogen-bond acceptors (Lipinski definition) is 20.